The van der Waals surface area contributed by atoms with E-state index in [0.29, 0.717) is 11.4 Å². The lowest BCUT2D eigenvalue weighted by Gasteiger charge is -2.18. The molecule has 0 aliphatic carbocycles. The van der Waals surface area contributed by atoms with Crippen molar-refractivity contribution in [3.8, 4) is 0 Å². The smallest absolute Gasteiger partial charge is 0.259 e. The number of anilines is 3. The van der Waals surface area contributed by atoms with E-state index in [1.165, 1.54) is 0 Å². The zero-order chi connectivity index (χ0) is 16.8. The van der Waals surface area contributed by atoms with Gasteiger partial charge in [-0.25, -0.2) is 4.98 Å². The maximum Gasteiger partial charge on any atom is 0.259 e. The summed E-state index contributed by atoms with van der Waals surface area (Å²) in [7, 11) is 2.02. The lowest BCUT2D eigenvalue weighted by atomic mass is 10.2. The molecule has 2 N–H and O–H groups in total. The summed E-state index contributed by atoms with van der Waals surface area (Å²) in [6.07, 6.45) is 1.68. The SMILES string of the molecule is CCN(C)c1cccc(NC(=O)c2cccnc2NC(C)C)c1. The number of nitrogens with one attached hydrogen (secondary N) is 2. The molecular weight excluding hydrogens is 288 g/mol. The first-order chi connectivity index (χ1) is 11.0. The molecule has 2 aromatic rings. The number of hydrogen-bond acceptors (Lipinski definition) is 4. The van der Waals surface area contributed by atoms with Crippen LogP contribution in [0.1, 0.15) is 31.1 Å². The number of aromatic nitrogens is 1. The summed E-state index contributed by atoms with van der Waals surface area (Å²) in [5.41, 5.74) is 2.37. The van der Waals surface area contributed by atoms with Gasteiger partial charge in [0.1, 0.15) is 5.82 Å². The molecule has 5 heteroatoms. The van der Waals surface area contributed by atoms with E-state index in [0.717, 1.165) is 17.9 Å². The third-order valence-electron chi connectivity index (χ3n) is 3.50. The van der Waals surface area contributed by atoms with Gasteiger partial charge >= 0.3 is 0 Å². The average Bonchev–Trinajstić information content (AvgIpc) is 2.54. The standard InChI is InChI=1S/C18H24N4O/c1-5-22(4)15-9-6-8-14(12-15)21-18(23)16-10-7-11-19-17(16)20-13(2)3/h6-13H,5H2,1-4H3,(H,19,20)(H,21,23). The van der Waals surface area contributed by atoms with Gasteiger partial charge in [-0.15, -0.1) is 0 Å². The zero-order valence-corrected chi connectivity index (χ0v) is 14.1. The molecule has 0 bridgehead atoms. The molecule has 0 atom stereocenters. The lowest BCUT2D eigenvalue weighted by molar-refractivity contribution is 0.102. The number of hydrogen-bond donors (Lipinski definition) is 2. The number of benzene rings is 1. The van der Waals surface area contributed by atoms with Crippen molar-refractivity contribution in [3.05, 3.63) is 48.2 Å². The Morgan fingerprint density at radius 3 is 2.74 bits per heavy atom. The second-order valence-corrected chi connectivity index (χ2v) is 5.72. The third kappa shape index (κ3) is 4.45. The molecule has 1 heterocycles. The van der Waals surface area contributed by atoms with Gasteiger partial charge in [0.05, 0.1) is 5.56 Å². The van der Waals surface area contributed by atoms with E-state index in [-0.39, 0.29) is 11.9 Å². The highest BCUT2D eigenvalue weighted by molar-refractivity contribution is 6.07. The van der Waals surface area contributed by atoms with Gasteiger partial charge in [-0.2, -0.15) is 0 Å². The van der Waals surface area contributed by atoms with Crippen LogP contribution in [0.25, 0.3) is 0 Å². The normalized spacial score (nSPS) is 10.5. The summed E-state index contributed by atoms with van der Waals surface area (Å²) in [6, 6.07) is 11.6. The number of carbonyl (C=O) groups is 1. The van der Waals surface area contributed by atoms with Crippen molar-refractivity contribution >= 4 is 23.1 Å². The van der Waals surface area contributed by atoms with Crippen LogP contribution in [-0.2, 0) is 0 Å². The molecule has 1 aromatic heterocycles. The fourth-order valence-corrected chi connectivity index (χ4v) is 2.18. The zero-order valence-electron chi connectivity index (χ0n) is 14.1. The molecule has 5 nitrogen and oxygen atoms in total. The largest absolute Gasteiger partial charge is 0.375 e. The maximum atomic E-state index is 12.6. The van der Waals surface area contributed by atoms with Crippen LogP contribution in [0.5, 0.6) is 0 Å². The van der Waals surface area contributed by atoms with Gasteiger partial charge in [0, 0.05) is 37.2 Å². The Balaban J connectivity index is 2.20. The summed E-state index contributed by atoms with van der Waals surface area (Å²) in [5, 5.41) is 6.14. The van der Waals surface area contributed by atoms with Crippen LogP contribution < -0.4 is 15.5 Å². The number of amides is 1. The van der Waals surface area contributed by atoms with Crippen LogP contribution in [0, 0.1) is 0 Å². The second kappa shape index (κ2) is 7.63. The summed E-state index contributed by atoms with van der Waals surface area (Å²) in [4.78, 5) is 18.9. The van der Waals surface area contributed by atoms with Crippen LogP contribution in [0.15, 0.2) is 42.6 Å². The predicted molar refractivity (Wildman–Crippen MR) is 96.3 cm³/mol. The molecule has 0 aliphatic heterocycles. The summed E-state index contributed by atoms with van der Waals surface area (Å²) >= 11 is 0. The Hall–Kier alpha value is -2.56. The molecule has 0 aliphatic rings. The van der Waals surface area contributed by atoms with Gasteiger partial charge in [0.15, 0.2) is 0 Å². The first-order valence-electron chi connectivity index (χ1n) is 7.85. The Labute approximate surface area is 137 Å². The summed E-state index contributed by atoms with van der Waals surface area (Å²) in [6.45, 7) is 7.02. The number of nitrogens with zero attached hydrogens (tertiary/aromatic N) is 2. The minimum atomic E-state index is -0.169. The molecular formula is C18H24N4O. The van der Waals surface area contributed by atoms with Crippen molar-refractivity contribution in [2.75, 3.05) is 29.1 Å². The molecule has 1 amide bonds. The lowest BCUT2D eigenvalue weighted by Crippen LogP contribution is -2.19. The number of rotatable bonds is 6. The molecule has 23 heavy (non-hydrogen) atoms. The fourth-order valence-electron chi connectivity index (χ4n) is 2.18. The van der Waals surface area contributed by atoms with Crippen molar-refractivity contribution in [3.63, 3.8) is 0 Å². The van der Waals surface area contributed by atoms with E-state index in [1.54, 1.807) is 18.3 Å². The molecule has 0 spiro atoms. The summed E-state index contributed by atoms with van der Waals surface area (Å²) in [5.74, 6) is 0.430. The summed E-state index contributed by atoms with van der Waals surface area (Å²) < 4.78 is 0. The van der Waals surface area contributed by atoms with Gasteiger partial charge in [-0.05, 0) is 51.1 Å². The highest BCUT2D eigenvalue weighted by atomic mass is 16.1. The van der Waals surface area contributed by atoms with Crippen molar-refractivity contribution in [2.24, 2.45) is 0 Å². The third-order valence-corrected chi connectivity index (χ3v) is 3.50. The Kier molecular flexibility index (Phi) is 5.57. The Morgan fingerprint density at radius 1 is 1.26 bits per heavy atom. The minimum absolute atomic E-state index is 0.169. The quantitative estimate of drug-likeness (QED) is 0.855. The first kappa shape index (κ1) is 16.8. The van der Waals surface area contributed by atoms with E-state index < -0.39 is 0 Å². The van der Waals surface area contributed by atoms with Crippen LogP contribution in [0.4, 0.5) is 17.2 Å². The number of pyridine rings is 1. The molecule has 0 saturated heterocycles. The molecule has 0 unspecified atom stereocenters. The van der Waals surface area contributed by atoms with Gasteiger partial charge < -0.3 is 15.5 Å². The van der Waals surface area contributed by atoms with Gasteiger partial charge in [-0.1, -0.05) is 6.07 Å². The van der Waals surface area contributed by atoms with Crippen molar-refractivity contribution < 1.29 is 4.79 Å². The van der Waals surface area contributed by atoms with Crippen LogP contribution in [0.2, 0.25) is 0 Å². The highest BCUT2D eigenvalue weighted by Gasteiger charge is 2.13. The first-order valence-corrected chi connectivity index (χ1v) is 7.85. The van der Waals surface area contributed by atoms with Gasteiger partial charge in [-0.3, -0.25) is 4.79 Å². The van der Waals surface area contributed by atoms with E-state index in [9.17, 15) is 4.79 Å². The van der Waals surface area contributed by atoms with E-state index in [2.05, 4.69) is 27.4 Å². The minimum Gasteiger partial charge on any atom is -0.375 e. The fraction of sp³-hybridized carbons (Fsp3) is 0.333. The van der Waals surface area contributed by atoms with E-state index in [4.69, 9.17) is 0 Å². The predicted octanol–water partition coefficient (Wildman–Crippen LogP) is 3.61. The maximum absolute atomic E-state index is 12.6. The molecule has 122 valence electrons. The monoisotopic (exact) mass is 312 g/mol. The Morgan fingerprint density at radius 2 is 2.04 bits per heavy atom. The Bertz CT molecular complexity index is 670. The van der Waals surface area contributed by atoms with Gasteiger partial charge in [0.2, 0.25) is 0 Å². The topological polar surface area (TPSA) is 57.3 Å². The van der Waals surface area contributed by atoms with E-state index >= 15 is 0 Å². The molecule has 0 fully saturated rings. The van der Waals surface area contributed by atoms with Crippen molar-refractivity contribution in [1.82, 2.24) is 4.98 Å². The van der Waals surface area contributed by atoms with E-state index in [1.807, 2.05) is 45.2 Å². The van der Waals surface area contributed by atoms with Gasteiger partial charge in [0.25, 0.3) is 5.91 Å². The highest BCUT2D eigenvalue weighted by Crippen LogP contribution is 2.20. The average molecular weight is 312 g/mol. The van der Waals surface area contributed by atoms with Crippen LogP contribution in [-0.4, -0.2) is 30.5 Å². The van der Waals surface area contributed by atoms with Crippen molar-refractivity contribution in [1.29, 1.82) is 0 Å². The molecule has 1 aromatic carbocycles. The van der Waals surface area contributed by atoms with Crippen molar-refractivity contribution in [2.45, 2.75) is 26.8 Å². The second-order valence-electron chi connectivity index (χ2n) is 5.72. The number of carbonyl (C=O) groups excluding carboxylic acids is 1. The molecule has 2 rings (SSSR count). The van der Waals surface area contributed by atoms with Crippen LogP contribution >= 0.6 is 0 Å². The molecule has 0 radical (unpaired) electrons. The molecule has 0 saturated carbocycles. The van der Waals surface area contributed by atoms with Crippen LogP contribution in [0.3, 0.4) is 0 Å².